The zero-order valence-corrected chi connectivity index (χ0v) is 17.0. The molecule has 0 saturated heterocycles. The highest BCUT2D eigenvalue weighted by molar-refractivity contribution is 5.91. The Hall–Kier alpha value is -3.42. The summed E-state index contributed by atoms with van der Waals surface area (Å²) in [6, 6.07) is 9.66. The Morgan fingerprint density at radius 2 is 1.90 bits per heavy atom. The van der Waals surface area contributed by atoms with Gasteiger partial charge in [0.1, 0.15) is 0 Å². The molecule has 1 aliphatic rings. The lowest BCUT2D eigenvalue weighted by atomic mass is 10.2. The number of rotatable bonds is 4. The molecule has 3 heterocycles. The van der Waals surface area contributed by atoms with Crippen molar-refractivity contribution in [3.63, 3.8) is 0 Å². The predicted octanol–water partition coefficient (Wildman–Crippen LogP) is 2.39. The Balaban J connectivity index is 1.87. The normalized spacial score (nSPS) is 16.5. The first-order valence-corrected chi connectivity index (χ1v) is 9.70. The summed E-state index contributed by atoms with van der Waals surface area (Å²) in [7, 11) is 1.65. The summed E-state index contributed by atoms with van der Waals surface area (Å²) in [5.74, 6) is 0.588. The van der Waals surface area contributed by atoms with Gasteiger partial charge in [-0.25, -0.2) is 9.80 Å². The molecule has 0 spiro atoms. The molecule has 8 nitrogen and oxygen atoms in total. The number of benzene rings is 1. The van der Waals surface area contributed by atoms with E-state index in [-0.39, 0.29) is 23.8 Å². The fraction of sp³-hybridized carbons (Fsp3) is 0.333. The van der Waals surface area contributed by atoms with Gasteiger partial charge in [0.25, 0.3) is 5.56 Å². The van der Waals surface area contributed by atoms with Crippen molar-refractivity contribution >= 4 is 28.9 Å². The average Bonchev–Trinajstić information content (AvgIpc) is 3.13. The smallest absolute Gasteiger partial charge is 0.294 e. The van der Waals surface area contributed by atoms with E-state index in [1.807, 2.05) is 67.8 Å². The van der Waals surface area contributed by atoms with Gasteiger partial charge in [0, 0.05) is 20.1 Å². The summed E-state index contributed by atoms with van der Waals surface area (Å²) in [4.78, 5) is 30.8. The lowest BCUT2D eigenvalue weighted by Crippen LogP contribution is -2.40. The minimum Gasteiger partial charge on any atom is -0.294 e. The van der Waals surface area contributed by atoms with Crippen LogP contribution in [0.1, 0.15) is 32.4 Å². The van der Waals surface area contributed by atoms with Gasteiger partial charge in [-0.05, 0) is 26.3 Å². The molecule has 0 fully saturated rings. The Labute approximate surface area is 168 Å². The molecule has 4 rings (SSSR count). The number of hydrogen-bond donors (Lipinski definition) is 0. The van der Waals surface area contributed by atoms with Crippen LogP contribution in [0.15, 0.2) is 51.1 Å². The second kappa shape index (κ2) is 7.20. The molecule has 0 N–H and O–H groups in total. The number of allylic oxidation sites excluding steroid dienone is 1. The van der Waals surface area contributed by atoms with Gasteiger partial charge in [-0.3, -0.25) is 18.5 Å². The molecule has 0 aliphatic carbocycles. The number of aromatic nitrogens is 4. The van der Waals surface area contributed by atoms with Gasteiger partial charge in [0.2, 0.25) is 5.95 Å². The summed E-state index contributed by atoms with van der Waals surface area (Å²) in [5, 5.41) is 6.33. The maximum atomic E-state index is 13.3. The number of imidazole rings is 1. The van der Waals surface area contributed by atoms with Crippen LogP contribution >= 0.6 is 0 Å². The molecule has 29 heavy (non-hydrogen) atoms. The lowest BCUT2D eigenvalue weighted by molar-refractivity contribution is 0.635. The molecule has 1 aliphatic heterocycles. The molecule has 0 unspecified atom stereocenters. The van der Waals surface area contributed by atoms with E-state index >= 15 is 0 Å². The minimum absolute atomic E-state index is 0.115. The minimum atomic E-state index is -0.385. The molecule has 2 aromatic heterocycles. The van der Waals surface area contributed by atoms with E-state index in [0.717, 1.165) is 11.3 Å². The molecule has 0 bridgehead atoms. The largest absolute Gasteiger partial charge is 0.332 e. The van der Waals surface area contributed by atoms with Crippen LogP contribution in [0.3, 0.4) is 0 Å². The first kappa shape index (κ1) is 18.9. The Morgan fingerprint density at radius 3 is 2.59 bits per heavy atom. The third kappa shape index (κ3) is 3.00. The van der Waals surface area contributed by atoms with Crippen molar-refractivity contribution in [3.05, 3.63) is 62.8 Å². The van der Waals surface area contributed by atoms with Crippen LogP contribution < -0.4 is 16.3 Å². The highest BCUT2D eigenvalue weighted by Gasteiger charge is 2.29. The zero-order chi connectivity index (χ0) is 20.7. The zero-order valence-electron chi connectivity index (χ0n) is 17.0. The number of anilines is 1. The van der Waals surface area contributed by atoms with Gasteiger partial charge in [-0.1, -0.05) is 42.5 Å². The molecule has 1 aromatic carbocycles. The number of nitrogens with zero attached hydrogens (tertiary/aromatic N) is 6. The van der Waals surface area contributed by atoms with Crippen LogP contribution in [0.25, 0.3) is 17.2 Å². The second-order valence-corrected chi connectivity index (χ2v) is 7.16. The number of aryl methyl sites for hydroxylation is 1. The molecule has 150 valence electrons. The lowest BCUT2D eigenvalue weighted by Gasteiger charge is -2.28. The van der Waals surface area contributed by atoms with E-state index < -0.39 is 0 Å². The molecule has 0 saturated carbocycles. The van der Waals surface area contributed by atoms with Crippen molar-refractivity contribution in [1.29, 1.82) is 0 Å². The second-order valence-electron chi connectivity index (χ2n) is 7.16. The van der Waals surface area contributed by atoms with Gasteiger partial charge >= 0.3 is 5.69 Å². The van der Waals surface area contributed by atoms with Crippen LogP contribution in [-0.4, -0.2) is 30.9 Å². The van der Waals surface area contributed by atoms with Crippen molar-refractivity contribution in [2.45, 2.75) is 33.4 Å². The van der Waals surface area contributed by atoms with Gasteiger partial charge in [-0.15, -0.1) is 0 Å². The van der Waals surface area contributed by atoms with Crippen LogP contribution in [-0.2, 0) is 13.6 Å². The molecule has 3 aromatic rings. The first-order valence-electron chi connectivity index (χ1n) is 9.70. The van der Waals surface area contributed by atoms with Gasteiger partial charge < -0.3 is 0 Å². The van der Waals surface area contributed by atoms with Gasteiger partial charge in [-0.2, -0.15) is 10.1 Å². The van der Waals surface area contributed by atoms with E-state index in [4.69, 9.17) is 0 Å². The van der Waals surface area contributed by atoms with Crippen molar-refractivity contribution in [3.8, 4) is 0 Å². The number of fused-ring (bicyclic) bond motifs is 3. The van der Waals surface area contributed by atoms with Crippen LogP contribution in [0.2, 0.25) is 0 Å². The molecule has 0 amide bonds. The maximum Gasteiger partial charge on any atom is 0.332 e. The Morgan fingerprint density at radius 1 is 1.17 bits per heavy atom. The quantitative estimate of drug-likeness (QED) is 0.683. The number of hydrazone groups is 1. The van der Waals surface area contributed by atoms with E-state index in [1.54, 1.807) is 12.1 Å². The van der Waals surface area contributed by atoms with E-state index in [9.17, 15) is 9.59 Å². The average molecular weight is 392 g/mol. The van der Waals surface area contributed by atoms with Crippen molar-refractivity contribution in [2.24, 2.45) is 12.1 Å². The summed E-state index contributed by atoms with van der Waals surface area (Å²) >= 11 is 0. The van der Waals surface area contributed by atoms with Crippen LogP contribution in [0.5, 0.6) is 0 Å². The van der Waals surface area contributed by atoms with E-state index in [1.165, 1.54) is 9.13 Å². The van der Waals surface area contributed by atoms with Gasteiger partial charge in [0.05, 0.1) is 11.8 Å². The van der Waals surface area contributed by atoms with Crippen molar-refractivity contribution in [1.82, 2.24) is 18.7 Å². The fourth-order valence-corrected chi connectivity index (χ4v) is 3.61. The Bertz CT molecular complexity index is 1250. The van der Waals surface area contributed by atoms with Crippen LogP contribution in [0.4, 0.5) is 5.95 Å². The predicted molar refractivity (Wildman–Crippen MR) is 116 cm³/mol. The van der Waals surface area contributed by atoms with E-state index in [2.05, 4.69) is 10.1 Å². The van der Waals surface area contributed by atoms with E-state index in [0.29, 0.717) is 23.7 Å². The summed E-state index contributed by atoms with van der Waals surface area (Å²) < 4.78 is 4.58. The summed E-state index contributed by atoms with van der Waals surface area (Å²) in [5.41, 5.74) is 1.99. The summed E-state index contributed by atoms with van der Waals surface area (Å²) in [6.45, 7) is 6.71. The highest BCUT2D eigenvalue weighted by atomic mass is 16.2. The summed E-state index contributed by atoms with van der Waals surface area (Å²) in [6.07, 6.45) is 3.73. The monoisotopic (exact) mass is 392 g/mol. The fourth-order valence-electron chi connectivity index (χ4n) is 3.61. The van der Waals surface area contributed by atoms with Crippen molar-refractivity contribution < 1.29 is 0 Å². The van der Waals surface area contributed by atoms with Gasteiger partial charge in [0.15, 0.2) is 11.2 Å². The highest BCUT2D eigenvalue weighted by Crippen LogP contribution is 2.29. The van der Waals surface area contributed by atoms with Crippen molar-refractivity contribution in [2.75, 3.05) is 11.6 Å². The third-order valence-corrected chi connectivity index (χ3v) is 5.36. The molecular weight excluding hydrogens is 368 g/mol. The topological polar surface area (TPSA) is 77.4 Å². The Kier molecular flexibility index (Phi) is 4.70. The SMILES string of the molecule is CCN1N=C(C)[C@@H](C)n2c1nc1c2c(=O)n(C/C=C/c2ccccc2)c(=O)n1C. The molecular formula is C21H24N6O2. The maximum absolute atomic E-state index is 13.3. The number of hydrogen-bond acceptors (Lipinski definition) is 5. The third-order valence-electron chi connectivity index (χ3n) is 5.36. The molecule has 1 atom stereocenters. The van der Waals surface area contributed by atoms with Crippen LogP contribution in [0, 0.1) is 0 Å². The standard InChI is InChI=1S/C21H24N6O2/c1-5-26-20-22-18-17(27(20)15(3)14(2)23-26)19(28)25(21(29)24(18)4)13-9-12-16-10-7-6-8-11-16/h6-12,15H,5,13H2,1-4H3/b12-9+/t15-/m1/s1. The molecule has 0 radical (unpaired) electrons. The molecule has 8 heteroatoms. The first-order chi connectivity index (χ1) is 13.9.